The Bertz CT molecular complexity index is 983. The number of nitrogens with one attached hydrogen (secondary N) is 1. The van der Waals surface area contributed by atoms with Crippen LogP contribution in [-0.2, 0) is 4.79 Å². The number of carbonyl (C=O) groups excluding carboxylic acids is 1. The number of fused-ring (bicyclic) bond motifs is 2. The van der Waals surface area contributed by atoms with Crippen LogP contribution in [0.1, 0.15) is 0 Å². The quantitative estimate of drug-likeness (QED) is 0.769. The van der Waals surface area contributed by atoms with Crippen molar-refractivity contribution in [2.75, 3.05) is 12.0 Å². The molecule has 1 atom stereocenters. The Morgan fingerprint density at radius 2 is 1.88 bits per heavy atom. The number of nitrogens with zero attached hydrogens (tertiary/aromatic N) is 2. The molecule has 120 valence electrons. The summed E-state index contributed by atoms with van der Waals surface area (Å²) in [5, 5.41) is 0.423. The first kappa shape index (κ1) is 14.3. The molecule has 4 rings (SSSR count). The first-order valence-corrected chi connectivity index (χ1v) is 7.38. The summed E-state index contributed by atoms with van der Waals surface area (Å²) in [7, 11) is 0. The number of rotatable bonds is 2. The van der Waals surface area contributed by atoms with Crippen molar-refractivity contribution in [3.05, 3.63) is 65.2 Å². The van der Waals surface area contributed by atoms with E-state index >= 15 is 0 Å². The maximum atomic E-state index is 12.4. The fourth-order valence-electron chi connectivity index (χ4n) is 2.49. The van der Waals surface area contributed by atoms with Crippen molar-refractivity contribution in [2.45, 2.75) is 6.10 Å². The molecule has 1 aromatic heterocycles. The maximum Gasteiger partial charge on any atom is 0.283 e. The molecular weight excluding hydrogens is 310 g/mol. The molecule has 1 N–H and O–H groups in total. The third-order valence-corrected chi connectivity index (χ3v) is 3.70. The summed E-state index contributed by atoms with van der Waals surface area (Å²) in [5.74, 6) is 0.600. The van der Waals surface area contributed by atoms with Crippen molar-refractivity contribution in [3.63, 3.8) is 0 Å². The van der Waals surface area contributed by atoms with Gasteiger partial charge in [-0.3, -0.25) is 15.0 Å². The third kappa shape index (κ3) is 2.45. The van der Waals surface area contributed by atoms with Crippen LogP contribution in [0.3, 0.4) is 0 Å². The van der Waals surface area contributed by atoms with E-state index in [1.54, 1.807) is 42.5 Å². The summed E-state index contributed by atoms with van der Waals surface area (Å²) in [6.45, 7) is 0.0681. The van der Waals surface area contributed by atoms with Crippen molar-refractivity contribution in [3.8, 4) is 11.5 Å². The molecule has 1 amide bonds. The SMILES string of the molecule is O=C(Nn1cnc2ccccc2c1=O)[C@H]1COc2ccccc2O1. The molecule has 0 bridgehead atoms. The summed E-state index contributed by atoms with van der Waals surface area (Å²) in [4.78, 5) is 28.9. The lowest BCUT2D eigenvalue weighted by molar-refractivity contribution is -0.126. The van der Waals surface area contributed by atoms with Gasteiger partial charge in [-0.2, -0.15) is 0 Å². The van der Waals surface area contributed by atoms with Crippen LogP contribution in [-0.4, -0.2) is 28.3 Å². The molecule has 1 aliphatic rings. The van der Waals surface area contributed by atoms with Gasteiger partial charge in [-0.1, -0.05) is 24.3 Å². The minimum atomic E-state index is -0.849. The zero-order chi connectivity index (χ0) is 16.5. The lowest BCUT2D eigenvalue weighted by Crippen LogP contribution is -2.45. The molecule has 7 heteroatoms. The molecule has 0 unspecified atom stereocenters. The summed E-state index contributed by atoms with van der Waals surface area (Å²) in [6, 6.07) is 14.0. The lowest BCUT2D eigenvalue weighted by atomic mass is 10.2. The van der Waals surface area contributed by atoms with Gasteiger partial charge in [0.2, 0.25) is 6.10 Å². The van der Waals surface area contributed by atoms with Crippen molar-refractivity contribution < 1.29 is 14.3 Å². The lowest BCUT2D eigenvalue weighted by Gasteiger charge is -2.25. The second kappa shape index (κ2) is 5.69. The van der Waals surface area contributed by atoms with E-state index in [1.165, 1.54) is 6.33 Å². The molecule has 0 spiro atoms. The third-order valence-electron chi connectivity index (χ3n) is 3.70. The van der Waals surface area contributed by atoms with Crippen LogP contribution >= 0.6 is 0 Å². The highest BCUT2D eigenvalue weighted by molar-refractivity contribution is 5.89. The molecule has 0 radical (unpaired) electrons. The number of carbonyl (C=O) groups is 1. The number of hydrogen-bond acceptors (Lipinski definition) is 5. The van der Waals surface area contributed by atoms with E-state index in [4.69, 9.17) is 9.47 Å². The molecule has 0 aliphatic carbocycles. The second-order valence-corrected chi connectivity index (χ2v) is 5.28. The predicted molar refractivity (Wildman–Crippen MR) is 86.7 cm³/mol. The number of benzene rings is 2. The summed E-state index contributed by atoms with van der Waals surface area (Å²) < 4.78 is 12.2. The molecule has 2 aromatic carbocycles. The van der Waals surface area contributed by atoms with Crippen LogP contribution in [0.2, 0.25) is 0 Å². The first-order valence-electron chi connectivity index (χ1n) is 7.38. The Morgan fingerprint density at radius 3 is 2.75 bits per heavy atom. The average Bonchev–Trinajstić information content (AvgIpc) is 2.64. The molecule has 2 heterocycles. The van der Waals surface area contributed by atoms with Gasteiger partial charge in [0.1, 0.15) is 12.9 Å². The summed E-state index contributed by atoms with van der Waals surface area (Å²) >= 11 is 0. The zero-order valence-electron chi connectivity index (χ0n) is 12.5. The Kier molecular flexibility index (Phi) is 3.38. The van der Waals surface area contributed by atoms with Gasteiger partial charge in [0.15, 0.2) is 11.5 Å². The van der Waals surface area contributed by atoms with Crippen molar-refractivity contribution in [1.82, 2.24) is 9.66 Å². The topological polar surface area (TPSA) is 82.5 Å². The van der Waals surface area contributed by atoms with E-state index in [-0.39, 0.29) is 12.2 Å². The minimum Gasteiger partial charge on any atom is -0.485 e. The molecule has 1 aliphatic heterocycles. The Morgan fingerprint density at radius 1 is 1.12 bits per heavy atom. The fraction of sp³-hybridized carbons (Fsp3) is 0.118. The Hall–Kier alpha value is -3.35. The fourth-order valence-corrected chi connectivity index (χ4v) is 2.49. The maximum absolute atomic E-state index is 12.4. The molecule has 0 fully saturated rings. The van der Waals surface area contributed by atoms with Crippen LogP contribution in [0.25, 0.3) is 10.9 Å². The first-order chi connectivity index (χ1) is 11.7. The van der Waals surface area contributed by atoms with E-state index in [2.05, 4.69) is 10.4 Å². The van der Waals surface area contributed by atoms with Crippen LogP contribution in [0, 0.1) is 0 Å². The molecule has 3 aromatic rings. The zero-order valence-corrected chi connectivity index (χ0v) is 12.5. The van der Waals surface area contributed by atoms with Crippen molar-refractivity contribution in [2.24, 2.45) is 0 Å². The van der Waals surface area contributed by atoms with E-state index in [0.29, 0.717) is 22.4 Å². The molecule has 0 saturated carbocycles. The van der Waals surface area contributed by atoms with E-state index in [1.807, 2.05) is 6.07 Å². The van der Waals surface area contributed by atoms with Gasteiger partial charge in [-0.15, -0.1) is 0 Å². The van der Waals surface area contributed by atoms with Crippen LogP contribution in [0.4, 0.5) is 0 Å². The van der Waals surface area contributed by atoms with Crippen molar-refractivity contribution >= 4 is 16.8 Å². The highest BCUT2D eigenvalue weighted by atomic mass is 16.6. The van der Waals surface area contributed by atoms with Gasteiger partial charge in [0, 0.05) is 0 Å². The van der Waals surface area contributed by atoms with Crippen LogP contribution in [0.5, 0.6) is 11.5 Å². The van der Waals surface area contributed by atoms with Crippen molar-refractivity contribution in [1.29, 1.82) is 0 Å². The highest BCUT2D eigenvalue weighted by Crippen LogP contribution is 2.30. The number of hydrogen-bond donors (Lipinski definition) is 1. The average molecular weight is 323 g/mol. The largest absolute Gasteiger partial charge is 0.485 e. The summed E-state index contributed by atoms with van der Waals surface area (Å²) in [5.41, 5.74) is 2.71. The van der Waals surface area contributed by atoms with Crippen LogP contribution in [0.15, 0.2) is 59.7 Å². The molecular formula is C17H13N3O4. The molecule has 7 nitrogen and oxygen atoms in total. The van der Waals surface area contributed by atoms with E-state index in [9.17, 15) is 9.59 Å². The summed E-state index contributed by atoms with van der Waals surface area (Å²) in [6.07, 6.45) is 0.429. The number of ether oxygens (including phenoxy) is 2. The van der Waals surface area contributed by atoms with Gasteiger partial charge in [-0.25, -0.2) is 9.66 Å². The van der Waals surface area contributed by atoms with E-state index in [0.717, 1.165) is 4.68 Å². The van der Waals surface area contributed by atoms with Gasteiger partial charge in [0.05, 0.1) is 10.9 Å². The number of amides is 1. The Balaban J connectivity index is 1.57. The van der Waals surface area contributed by atoms with Crippen LogP contribution < -0.4 is 20.5 Å². The normalized spacial score (nSPS) is 15.9. The minimum absolute atomic E-state index is 0.0681. The predicted octanol–water partition coefficient (Wildman–Crippen LogP) is 1.31. The molecule has 0 saturated heterocycles. The highest BCUT2D eigenvalue weighted by Gasteiger charge is 2.27. The van der Waals surface area contributed by atoms with Gasteiger partial charge < -0.3 is 9.47 Å². The van der Waals surface area contributed by atoms with Gasteiger partial charge >= 0.3 is 0 Å². The standard InChI is InChI=1S/C17H13N3O4/c21-16(15-9-23-13-7-3-4-8-14(13)24-15)19-20-10-18-12-6-2-1-5-11(12)17(20)22/h1-8,10,15H,9H2,(H,19,21)/t15-/m1/s1. The van der Waals surface area contributed by atoms with Gasteiger partial charge in [-0.05, 0) is 24.3 Å². The van der Waals surface area contributed by atoms with E-state index < -0.39 is 12.0 Å². The second-order valence-electron chi connectivity index (χ2n) is 5.28. The van der Waals surface area contributed by atoms with Gasteiger partial charge in [0.25, 0.3) is 11.5 Å². The Labute approximate surface area is 136 Å². The number of aromatic nitrogens is 2. The number of para-hydroxylation sites is 3. The molecule has 24 heavy (non-hydrogen) atoms. The monoisotopic (exact) mass is 323 g/mol. The smallest absolute Gasteiger partial charge is 0.283 e.